The van der Waals surface area contributed by atoms with Crippen molar-refractivity contribution >= 4 is 45.7 Å². The number of nitrogens with zero attached hydrogens (tertiary/aromatic N) is 3. The Hall–Kier alpha value is -2.67. The molecule has 2 aromatic carbocycles. The van der Waals surface area contributed by atoms with Crippen molar-refractivity contribution in [1.82, 2.24) is 15.1 Å². The van der Waals surface area contributed by atoms with Gasteiger partial charge in [0.25, 0.3) is 5.91 Å². The number of hydrogen-bond donors (Lipinski definition) is 1. The predicted molar refractivity (Wildman–Crippen MR) is 129 cm³/mol. The van der Waals surface area contributed by atoms with Gasteiger partial charge in [-0.1, -0.05) is 55.7 Å². The zero-order valence-electron chi connectivity index (χ0n) is 18.1. The van der Waals surface area contributed by atoms with Crippen LogP contribution >= 0.6 is 12.2 Å². The molecule has 3 amide bonds. The maximum absolute atomic E-state index is 13.6. The van der Waals surface area contributed by atoms with Crippen LogP contribution in [-0.2, 0) is 4.79 Å². The molecule has 3 atom stereocenters. The number of carbonyl (C=O) groups is 2. The molecule has 0 unspecified atom stereocenters. The Labute approximate surface area is 193 Å². The van der Waals surface area contributed by atoms with E-state index >= 15 is 0 Å². The number of fused-ring (bicyclic) bond motifs is 6. The number of thiocarbonyl (C=S) groups is 1. The van der Waals surface area contributed by atoms with Gasteiger partial charge in [0.2, 0.25) is 0 Å². The first-order valence-electron chi connectivity index (χ1n) is 11.8. The molecule has 0 radical (unpaired) electrons. The van der Waals surface area contributed by atoms with E-state index in [1.54, 1.807) is 0 Å². The van der Waals surface area contributed by atoms with Crippen LogP contribution in [0.1, 0.15) is 38.5 Å². The summed E-state index contributed by atoms with van der Waals surface area (Å²) in [6.45, 7) is 1.62. The van der Waals surface area contributed by atoms with Crippen LogP contribution < -0.4 is 10.2 Å². The third kappa shape index (κ3) is 3.01. The molecule has 6 rings (SSSR count). The van der Waals surface area contributed by atoms with Crippen LogP contribution in [0.2, 0.25) is 0 Å². The van der Waals surface area contributed by atoms with E-state index < -0.39 is 6.04 Å². The minimum absolute atomic E-state index is 0.0378. The first kappa shape index (κ1) is 20.0. The zero-order chi connectivity index (χ0) is 21.8. The summed E-state index contributed by atoms with van der Waals surface area (Å²) < 4.78 is 0. The average Bonchev–Trinajstić information content (AvgIpc) is 3.49. The molecule has 4 fully saturated rings. The normalized spacial score (nSPS) is 27.5. The van der Waals surface area contributed by atoms with Crippen LogP contribution in [0.3, 0.4) is 0 Å². The summed E-state index contributed by atoms with van der Waals surface area (Å²) in [7, 11) is 0. The summed E-state index contributed by atoms with van der Waals surface area (Å²) in [5, 5.41) is 6.17. The topological polar surface area (TPSA) is 55.9 Å². The van der Waals surface area contributed by atoms with Gasteiger partial charge in [-0.15, -0.1) is 0 Å². The van der Waals surface area contributed by atoms with E-state index in [4.69, 9.17) is 12.2 Å². The molecule has 0 spiro atoms. The van der Waals surface area contributed by atoms with Crippen molar-refractivity contribution < 1.29 is 9.59 Å². The molecule has 3 heterocycles. The van der Waals surface area contributed by atoms with E-state index in [-0.39, 0.29) is 24.0 Å². The van der Waals surface area contributed by atoms with Crippen LogP contribution in [0.25, 0.3) is 10.8 Å². The number of likely N-dealkylation sites (tertiary alicyclic amines) is 1. The Balaban J connectivity index is 1.22. The van der Waals surface area contributed by atoms with Gasteiger partial charge >= 0.3 is 6.03 Å². The maximum atomic E-state index is 13.6. The van der Waals surface area contributed by atoms with E-state index in [9.17, 15) is 9.59 Å². The van der Waals surface area contributed by atoms with Gasteiger partial charge in [0.1, 0.15) is 6.04 Å². The quantitative estimate of drug-likeness (QED) is 0.570. The van der Waals surface area contributed by atoms with Crippen molar-refractivity contribution in [3.05, 3.63) is 42.5 Å². The molecule has 0 aromatic heterocycles. The summed E-state index contributed by atoms with van der Waals surface area (Å²) >= 11 is 5.75. The number of carbonyl (C=O) groups excluding carboxylic acids is 2. The third-order valence-corrected chi connectivity index (χ3v) is 8.18. The fraction of sp³-hybridized carbons (Fsp3) is 0.480. The largest absolute Gasteiger partial charge is 0.362 e. The van der Waals surface area contributed by atoms with Crippen molar-refractivity contribution in [2.45, 2.75) is 56.7 Å². The standard InChI is InChI=1S/C25H28N4O2S/c30-23-22-21-13-18(15-27(21)24(32)26-14-16-7-2-1-3-8-16)28(22)25(31)29(23)20-12-6-10-17-9-4-5-11-19(17)20/h4-6,9-12,16,18,21-22H,1-3,7-8,13-15H2,(H,26,32)/t18-,21-,22-/m0/s1. The fourth-order valence-electron chi connectivity index (χ4n) is 6.24. The lowest BCUT2D eigenvalue weighted by Gasteiger charge is -2.37. The highest BCUT2D eigenvalue weighted by molar-refractivity contribution is 7.80. The highest BCUT2D eigenvalue weighted by Gasteiger charge is 2.62. The Bertz CT molecular complexity index is 1090. The van der Waals surface area contributed by atoms with Crippen LogP contribution in [0, 0.1) is 5.92 Å². The van der Waals surface area contributed by atoms with Crippen LogP contribution in [-0.4, -0.2) is 58.1 Å². The summed E-state index contributed by atoms with van der Waals surface area (Å²) in [6.07, 6.45) is 7.32. The zero-order valence-corrected chi connectivity index (χ0v) is 18.9. The van der Waals surface area contributed by atoms with Gasteiger partial charge < -0.3 is 15.1 Å². The summed E-state index contributed by atoms with van der Waals surface area (Å²) in [5.74, 6) is 0.563. The van der Waals surface area contributed by atoms with Crippen molar-refractivity contribution in [2.24, 2.45) is 5.92 Å². The second-order valence-electron chi connectivity index (χ2n) is 9.61. The molecule has 2 aromatic rings. The first-order valence-corrected chi connectivity index (χ1v) is 12.2. The number of anilines is 1. The Kier molecular flexibility index (Phi) is 4.82. The van der Waals surface area contributed by atoms with Gasteiger partial charge in [-0.05, 0) is 48.9 Å². The lowest BCUT2D eigenvalue weighted by atomic mass is 9.89. The van der Waals surface area contributed by atoms with Crippen LogP contribution in [0.5, 0.6) is 0 Å². The van der Waals surface area contributed by atoms with Gasteiger partial charge in [0.15, 0.2) is 5.11 Å². The van der Waals surface area contributed by atoms with E-state index in [2.05, 4.69) is 10.2 Å². The molecule has 7 heteroatoms. The number of urea groups is 1. The number of hydrogen-bond acceptors (Lipinski definition) is 3. The predicted octanol–water partition coefficient (Wildman–Crippen LogP) is 3.89. The maximum Gasteiger partial charge on any atom is 0.332 e. The number of imide groups is 1. The van der Waals surface area contributed by atoms with E-state index in [0.717, 1.165) is 28.9 Å². The van der Waals surface area contributed by atoms with Crippen molar-refractivity contribution in [3.63, 3.8) is 0 Å². The second kappa shape index (κ2) is 7.73. The Morgan fingerprint density at radius 2 is 1.81 bits per heavy atom. The smallest absolute Gasteiger partial charge is 0.332 e. The van der Waals surface area contributed by atoms with Gasteiger partial charge in [-0.25, -0.2) is 9.69 Å². The number of rotatable bonds is 3. The van der Waals surface area contributed by atoms with Crippen molar-refractivity contribution in [2.75, 3.05) is 18.0 Å². The monoisotopic (exact) mass is 448 g/mol. The van der Waals surface area contributed by atoms with Crippen LogP contribution in [0.15, 0.2) is 42.5 Å². The molecule has 4 aliphatic rings. The number of piperazine rings is 1. The molecule has 3 saturated heterocycles. The average molecular weight is 449 g/mol. The van der Waals surface area contributed by atoms with Gasteiger partial charge in [0, 0.05) is 18.5 Å². The van der Waals surface area contributed by atoms with Crippen LogP contribution in [0.4, 0.5) is 10.5 Å². The van der Waals surface area contributed by atoms with E-state index in [1.165, 1.54) is 37.0 Å². The molecule has 2 bridgehead atoms. The van der Waals surface area contributed by atoms with Gasteiger partial charge in [0.05, 0.1) is 17.8 Å². The summed E-state index contributed by atoms with van der Waals surface area (Å²) in [5.41, 5.74) is 0.677. The minimum atomic E-state index is -0.449. The minimum Gasteiger partial charge on any atom is -0.362 e. The molecule has 1 saturated carbocycles. The molecule has 1 N–H and O–H groups in total. The fourth-order valence-corrected chi connectivity index (χ4v) is 6.53. The number of benzene rings is 2. The molecule has 1 aliphatic carbocycles. The first-order chi connectivity index (χ1) is 15.6. The summed E-state index contributed by atoms with van der Waals surface area (Å²) in [4.78, 5) is 32.4. The second-order valence-corrected chi connectivity index (χ2v) is 9.99. The highest BCUT2D eigenvalue weighted by atomic mass is 32.1. The van der Waals surface area contributed by atoms with Crippen molar-refractivity contribution in [1.29, 1.82) is 0 Å². The molecular formula is C25H28N4O2S. The SMILES string of the molecule is O=C1[C@@H]2[C@@H]3C[C@@H](CN3C(=S)NCC3CCCCC3)N2C(=O)N1c1cccc2ccccc12. The highest BCUT2D eigenvalue weighted by Crippen LogP contribution is 2.43. The van der Waals surface area contributed by atoms with E-state index in [1.807, 2.05) is 47.4 Å². The molecule has 3 aliphatic heterocycles. The third-order valence-electron chi connectivity index (χ3n) is 7.80. The van der Waals surface area contributed by atoms with Crippen molar-refractivity contribution in [3.8, 4) is 0 Å². The van der Waals surface area contributed by atoms with Gasteiger partial charge in [-0.3, -0.25) is 4.79 Å². The molecular weight excluding hydrogens is 420 g/mol. The number of nitrogens with one attached hydrogen (secondary N) is 1. The van der Waals surface area contributed by atoms with Gasteiger partial charge in [-0.2, -0.15) is 0 Å². The summed E-state index contributed by atoms with van der Waals surface area (Å²) in [6, 6.07) is 13.0. The molecule has 32 heavy (non-hydrogen) atoms. The Morgan fingerprint density at radius 3 is 2.66 bits per heavy atom. The lowest BCUT2D eigenvalue weighted by molar-refractivity contribution is -0.120. The Morgan fingerprint density at radius 1 is 1.03 bits per heavy atom. The van der Waals surface area contributed by atoms with E-state index in [0.29, 0.717) is 18.2 Å². The lowest BCUT2D eigenvalue weighted by Crippen LogP contribution is -2.57. The molecule has 166 valence electrons. The molecule has 6 nitrogen and oxygen atoms in total. The number of amides is 3.